The number of aromatic nitrogens is 2. The minimum atomic E-state index is -0.901. The van der Waals surface area contributed by atoms with Gasteiger partial charge in [-0.1, -0.05) is 24.3 Å². The highest BCUT2D eigenvalue weighted by Gasteiger charge is 2.25. The van der Waals surface area contributed by atoms with Gasteiger partial charge >= 0.3 is 5.97 Å². The molecule has 1 heterocycles. The van der Waals surface area contributed by atoms with Gasteiger partial charge in [0.15, 0.2) is 0 Å². The fourth-order valence-electron chi connectivity index (χ4n) is 2.36. The number of ether oxygens (including phenoxy) is 1. The Balaban J connectivity index is 2.41. The number of rotatable bonds is 5. The average molecular weight is 286 g/mol. The third-order valence-corrected chi connectivity index (χ3v) is 3.58. The monoisotopic (exact) mass is 286 g/mol. The van der Waals surface area contributed by atoms with Gasteiger partial charge in [-0.15, -0.1) is 0 Å². The van der Waals surface area contributed by atoms with Crippen molar-refractivity contribution in [3.05, 3.63) is 53.0 Å². The number of hydrogen-bond acceptors (Lipinski definition) is 4. The molecule has 5 nitrogen and oxygen atoms in total. The van der Waals surface area contributed by atoms with Gasteiger partial charge in [-0.3, -0.25) is 4.79 Å². The van der Waals surface area contributed by atoms with Gasteiger partial charge in [0.25, 0.3) is 0 Å². The Morgan fingerprint density at radius 2 is 2.00 bits per heavy atom. The molecule has 0 saturated heterocycles. The van der Waals surface area contributed by atoms with Crippen molar-refractivity contribution >= 4 is 5.97 Å². The maximum atomic E-state index is 11.7. The maximum Gasteiger partial charge on any atom is 0.312 e. The summed E-state index contributed by atoms with van der Waals surface area (Å²) in [6.45, 7) is 3.75. The fourth-order valence-corrected chi connectivity index (χ4v) is 2.36. The molecule has 1 aromatic carbocycles. The van der Waals surface area contributed by atoms with E-state index in [-0.39, 0.29) is 0 Å². The van der Waals surface area contributed by atoms with Crippen LogP contribution in [-0.4, -0.2) is 28.2 Å². The molecule has 0 saturated carbocycles. The Kier molecular flexibility index (Phi) is 4.52. The molecule has 2 rings (SSSR count). The molecule has 0 amide bonds. The summed E-state index contributed by atoms with van der Waals surface area (Å²) in [5.41, 5.74) is 3.24. The molecule has 2 aromatic rings. The SMILES string of the molecule is COc1ncnc(C(Cc2ccccc2C)C(=O)O)c1C. The lowest BCUT2D eigenvalue weighted by Crippen LogP contribution is -2.18. The molecule has 0 radical (unpaired) electrons. The third kappa shape index (κ3) is 3.18. The predicted octanol–water partition coefficient (Wildman–Crippen LogP) is 2.51. The van der Waals surface area contributed by atoms with Crippen molar-refractivity contribution in [2.75, 3.05) is 7.11 Å². The minimum absolute atomic E-state index is 0.392. The maximum absolute atomic E-state index is 11.7. The topological polar surface area (TPSA) is 72.3 Å². The van der Waals surface area contributed by atoms with E-state index in [0.29, 0.717) is 23.6 Å². The van der Waals surface area contributed by atoms with E-state index in [0.717, 1.165) is 11.1 Å². The zero-order valence-corrected chi connectivity index (χ0v) is 12.3. The first kappa shape index (κ1) is 15.0. The van der Waals surface area contributed by atoms with Gasteiger partial charge in [0.1, 0.15) is 12.2 Å². The first-order valence-corrected chi connectivity index (χ1v) is 6.67. The number of methoxy groups -OCH3 is 1. The molecule has 21 heavy (non-hydrogen) atoms. The fraction of sp³-hybridized carbons (Fsp3) is 0.312. The van der Waals surface area contributed by atoms with Gasteiger partial charge in [0, 0.05) is 5.56 Å². The summed E-state index contributed by atoms with van der Waals surface area (Å²) in [4.78, 5) is 19.8. The molecular formula is C16H18N2O3. The van der Waals surface area contributed by atoms with Gasteiger partial charge in [0.2, 0.25) is 5.88 Å². The number of aliphatic carboxylic acids is 1. The summed E-state index contributed by atoms with van der Waals surface area (Å²) in [6, 6.07) is 7.77. The Hall–Kier alpha value is -2.43. The molecule has 0 aliphatic rings. The number of aryl methyl sites for hydroxylation is 1. The lowest BCUT2D eigenvalue weighted by atomic mass is 9.91. The van der Waals surface area contributed by atoms with E-state index in [1.807, 2.05) is 31.2 Å². The van der Waals surface area contributed by atoms with Crippen LogP contribution in [0, 0.1) is 13.8 Å². The summed E-state index contributed by atoms with van der Waals surface area (Å²) in [6.07, 6.45) is 1.73. The molecule has 0 spiro atoms. The van der Waals surface area contributed by atoms with E-state index in [2.05, 4.69) is 9.97 Å². The van der Waals surface area contributed by atoms with E-state index >= 15 is 0 Å². The summed E-state index contributed by atoms with van der Waals surface area (Å²) >= 11 is 0. The second-order valence-corrected chi connectivity index (χ2v) is 4.91. The Morgan fingerprint density at radius 3 is 2.62 bits per heavy atom. The van der Waals surface area contributed by atoms with E-state index in [1.165, 1.54) is 13.4 Å². The lowest BCUT2D eigenvalue weighted by Gasteiger charge is -2.16. The zero-order valence-electron chi connectivity index (χ0n) is 12.3. The Morgan fingerprint density at radius 1 is 1.29 bits per heavy atom. The highest BCUT2D eigenvalue weighted by atomic mass is 16.5. The highest BCUT2D eigenvalue weighted by Crippen LogP contribution is 2.27. The van der Waals surface area contributed by atoms with Crippen LogP contribution in [-0.2, 0) is 11.2 Å². The van der Waals surface area contributed by atoms with Crippen molar-refractivity contribution in [2.24, 2.45) is 0 Å². The van der Waals surface area contributed by atoms with Crippen molar-refractivity contribution in [1.82, 2.24) is 9.97 Å². The first-order chi connectivity index (χ1) is 10.0. The smallest absolute Gasteiger partial charge is 0.312 e. The van der Waals surface area contributed by atoms with Crippen LogP contribution in [0.15, 0.2) is 30.6 Å². The van der Waals surface area contributed by atoms with Crippen molar-refractivity contribution in [1.29, 1.82) is 0 Å². The highest BCUT2D eigenvalue weighted by molar-refractivity contribution is 5.76. The standard InChI is InChI=1S/C16H18N2O3/c1-10-6-4-5-7-12(10)8-13(16(19)20)14-11(2)15(21-3)18-9-17-14/h4-7,9,13H,8H2,1-3H3,(H,19,20). The summed E-state index contributed by atoms with van der Waals surface area (Å²) in [5, 5.41) is 9.57. The van der Waals surface area contributed by atoms with Crippen molar-refractivity contribution in [3.63, 3.8) is 0 Å². The molecule has 110 valence electrons. The summed E-state index contributed by atoms with van der Waals surface area (Å²) < 4.78 is 5.15. The van der Waals surface area contributed by atoms with Crippen LogP contribution in [0.25, 0.3) is 0 Å². The van der Waals surface area contributed by atoms with E-state index in [9.17, 15) is 9.90 Å². The number of nitrogens with zero attached hydrogens (tertiary/aromatic N) is 2. The van der Waals surface area contributed by atoms with E-state index in [4.69, 9.17) is 4.74 Å². The number of benzene rings is 1. The molecule has 0 aliphatic carbocycles. The molecule has 1 N–H and O–H groups in total. The Bertz CT molecular complexity index is 656. The number of carboxylic acids is 1. The van der Waals surface area contributed by atoms with Crippen LogP contribution < -0.4 is 4.74 Å². The number of carbonyl (C=O) groups is 1. The van der Waals surface area contributed by atoms with Gasteiger partial charge < -0.3 is 9.84 Å². The van der Waals surface area contributed by atoms with Gasteiger partial charge in [-0.2, -0.15) is 0 Å². The van der Waals surface area contributed by atoms with E-state index < -0.39 is 11.9 Å². The molecular weight excluding hydrogens is 268 g/mol. The van der Waals surface area contributed by atoms with Crippen LogP contribution in [0.4, 0.5) is 0 Å². The van der Waals surface area contributed by atoms with Crippen LogP contribution in [0.3, 0.4) is 0 Å². The largest absolute Gasteiger partial charge is 0.481 e. The first-order valence-electron chi connectivity index (χ1n) is 6.67. The normalized spacial score (nSPS) is 12.0. The van der Waals surface area contributed by atoms with Crippen molar-refractivity contribution < 1.29 is 14.6 Å². The quantitative estimate of drug-likeness (QED) is 0.914. The number of carboxylic acid groups (broad SMARTS) is 1. The molecule has 0 aliphatic heterocycles. The third-order valence-electron chi connectivity index (χ3n) is 3.58. The van der Waals surface area contributed by atoms with Crippen LogP contribution in [0.1, 0.15) is 28.3 Å². The minimum Gasteiger partial charge on any atom is -0.481 e. The Labute approximate surface area is 123 Å². The second-order valence-electron chi connectivity index (χ2n) is 4.91. The van der Waals surface area contributed by atoms with Gasteiger partial charge in [0.05, 0.1) is 12.8 Å². The molecule has 5 heteroatoms. The molecule has 0 fully saturated rings. The lowest BCUT2D eigenvalue weighted by molar-refractivity contribution is -0.138. The van der Waals surface area contributed by atoms with Gasteiger partial charge in [-0.05, 0) is 31.4 Å². The average Bonchev–Trinajstić information content (AvgIpc) is 2.47. The van der Waals surface area contributed by atoms with Crippen molar-refractivity contribution in [2.45, 2.75) is 26.2 Å². The zero-order chi connectivity index (χ0) is 15.4. The number of hydrogen-bond donors (Lipinski definition) is 1. The molecule has 0 bridgehead atoms. The summed E-state index contributed by atoms with van der Waals surface area (Å²) in [7, 11) is 1.51. The molecule has 1 unspecified atom stereocenters. The van der Waals surface area contributed by atoms with E-state index in [1.54, 1.807) is 6.92 Å². The molecule has 1 atom stereocenters. The van der Waals surface area contributed by atoms with Crippen LogP contribution in [0.5, 0.6) is 5.88 Å². The van der Waals surface area contributed by atoms with Crippen molar-refractivity contribution in [3.8, 4) is 5.88 Å². The molecule has 1 aromatic heterocycles. The van der Waals surface area contributed by atoms with Crippen LogP contribution >= 0.6 is 0 Å². The predicted molar refractivity (Wildman–Crippen MR) is 78.6 cm³/mol. The summed E-state index contributed by atoms with van der Waals surface area (Å²) in [5.74, 6) is -1.21. The van der Waals surface area contributed by atoms with Crippen LogP contribution in [0.2, 0.25) is 0 Å². The second kappa shape index (κ2) is 6.35. The van der Waals surface area contributed by atoms with Gasteiger partial charge in [-0.25, -0.2) is 9.97 Å².